The van der Waals surface area contributed by atoms with Crippen molar-refractivity contribution in [2.45, 2.75) is 25.7 Å². The fraction of sp³-hybridized carbons (Fsp3) is 0.562. The van der Waals surface area contributed by atoms with E-state index in [0.29, 0.717) is 28.2 Å². The summed E-state index contributed by atoms with van der Waals surface area (Å²) in [5.41, 5.74) is 0.535. The maximum absolute atomic E-state index is 12.3. The fourth-order valence-electron chi connectivity index (χ4n) is 2.93. The highest BCUT2D eigenvalue weighted by Gasteiger charge is 2.25. The second-order valence-corrected chi connectivity index (χ2v) is 6.60. The maximum Gasteiger partial charge on any atom is 0.255 e. The Labute approximate surface area is 139 Å². The van der Waals surface area contributed by atoms with E-state index in [9.17, 15) is 4.79 Å². The number of methoxy groups -OCH3 is 1. The topological polar surface area (TPSA) is 38.3 Å². The molecule has 1 aliphatic rings. The van der Waals surface area contributed by atoms with Crippen LogP contribution in [-0.4, -0.2) is 24.9 Å². The van der Waals surface area contributed by atoms with Gasteiger partial charge >= 0.3 is 0 Å². The van der Waals surface area contributed by atoms with Crippen LogP contribution in [0.1, 0.15) is 36.0 Å². The molecule has 1 saturated carbocycles. The zero-order chi connectivity index (χ0) is 15.2. The molecule has 0 saturated heterocycles. The van der Waals surface area contributed by atoms with Crippen molar-refractivity contribution in [3.63, 3.8) is 0 Å². The van der Waals surface area contributed by atoms with Crippen molar-refractivity contribution in [2.75, 3.05) is 19.0 Å². The molecule has 0 aromatic heterocycles. The minimum absolute atomic E-state index is 0.0950. The lowest BCUT2D eigenvalue weighted by molar-refractivity contribution is 0.0934. The minimum atomic E-state index is -0.0950. The predicted molar refractivity (Wildman–Crippen MR) is 89.6 cm³/mol. The molecule has 0 aliphatic heterocycles. The summed E-state index contributed by atoms with van der Waals surface area (Å²) in [5.74, 6) is 1.63. The van der Waals surface area contributed by atoms with Crippen molar-refractivity contribution >= 4 is 33.4 Å². The van der Waals surface area contributed by atoms with Gasteiger partial charge in [-0.25, -0.2) is 0 Å². The summed E-state index contributed by atoms with van der Waals surface area (Å²) < 4.78 is 5.23. The van der Waals surface area contributed by atoms with Crippen LogP contribution in [0.25, 0.3) is 0 Å². The SMILES string of the molecule is COc1cc(Cl)ccc1C(=O)NCC1CCCCC1CBr. The number of benzene rings is 1. The van der Waals surface area contributed by atoms with Gasteiger partial charge in [0.2, 0.25) is 0 Å². The van der Waals surface area contributed by atoms with Crippen molar-refractivity contribution in [3.8, 4) is 5.75 Å². The van der Waals surface area contributed by atoms with Crippen molar-refractivity contribution in [1.29, 1.82) is 0 Å². The number of amides is 1. The van der Waals surface area contributed by atoms with Crippen LogP contribution in [0.5, 0.6) is 5.75 Å². The number of nitrogens with one attached hydrogen (secondary N) is 1. The summed E-state index contributed by atoms with van der Waals surface area (Å²) in [7, 11) is 1.55. The van der Waals surface area contributed by atoms with Crippen molar-refractivity contribution in [2.24, 2.45) is 11.8 Å². The van der Waals surface area contributed by atoms with E-state index in [1.54, 1.807) is 25.3 Å². The van der Waals surface area contributed by atoms with Gasteiger partial charge in [0.15, 0.2) is 0 Å². The molecular weight excluding hydrogens is 354 g/mol. The molecule has 0 spiro atoms. The number of carbonyl (C=O) groups excluding carboxylic acids is 1. The normalized spacial score (nSPS) is 21.9. The Hall–Kier alpha value is -0.740. The molecule has 1 aromatic carbocycles. The minimum Gasteiger partial charge on any atom is -0.496 e. The van der Waals surface area contributed by atoms with Gasteiger partial charge in [-0.15, -0.1) is 0 Å². The second-order valence-electron chi connectivity index (χ2n) is 5.51. The lowest BCUT2D eigenvalue weighted by Gasteiger charge is -2.30. The Morgan fingerprint density at radius 3 is 2.76 bits per heavy atom. The van der Waals surface area contributed by atoms with Gasteiger partial charge in [0.05, 0.1) is 12.7 Å². The molecule has 2 rings (SSSR count). The number of rotatable bonds is 5. The van der Waals surface area contributed by atoms with Gasteiger partial charge in [-0.2, -0.15) is 0 Å². The van der Waals surface area contributed by atoms with Gasteiger partial charge in [-0.05, 0) is 42.9 Å². The highest BCUT2D eigenvalue weighted by molar-refractivity contribution is 9.09. The lowest BCUT2D eigenvalue weighted by atomic mass is 9.80. The van der Waals surface area contributed by atoms with Crippen LogP contribution in [0.15, 0.2) is 18.2 Å². The van der Waals surface area contributed by atoms with E-state index in [4.69, 9.17) is 16.3 Å². The van der Waals surface area contributed by atoms with E-state index < -0.39 is 0 Å². The van der Waals surface area contributed by atoms with Crippen molar-refractivity contribution in [1.82, 2.24) is 5.32 Å². The van der Waals surface area contributed by atoms with Crippen LogP contribution < -0.4 is 10.1 Å². The van der Waals surface area contributed by atoms with Crippen LogP contribution in [0, 0.1) is 11.8 Å². The molecule has 0 bridgehead atoms. The molecule has 0 heterocycles. The van der Waals surface area contributed by atoms with E-state index in [2.05, 4.69) is 21.2 Å². The number of halogens is 2. The van der Waals surface area contributed by atoms with Crippen LogP contribution in [0.3, 0.4) is 0 Å². The van der Waals surface area contributed by atoms with Crippen LogP contribution in [0.2, 0.25) is 5.02 Å². The quantitative estimate of drug-likeness (QED) is 0.781. The van der Waals surface area contributed by atoms with Crippen LogP contribution >= 0.6 is 27.5 Å². The molecule has 21 heavy (non-hydrogen) atoms. The van der Waals surface area contributed by atoms with Gasteiger partial charge < -0.3 is 10.1 Å². The van der Waals surface area contributed by atoms with Crippen LogP contribution in [-0.2, 0) is 0 Å². The monoisotopic (exact) mass is 373 g/mol. The highest BCUT2D eigenvalue weighted by Crippen LogP contribution is 2.31. The summed E-state index contributed by atoms with van der Waals surface area (Å²) in [5, 5.41) is 4.62. The molecule has 5 heteroatoms. The summed E-state index contributed by atoms with van der Waals surface area (Å²) >= 11 is 9.51. The van der Waals surface area contributed by atoms with E-state index in [1.165, 1.54) is 25.7 Å². The molecular formula is C16H21BrClNO2. The highest BCUT2D eigenvalue weighted by atomic mass is 79.9. The first-order valence-electron chi connectivity index (χ1n) is 7.33. The molecule has 1 N–H and O–H groups in total. The van der Waals surface area contributed by atoms with E-state index in [-0.39, 0.29) is 5.91 Å². The van der Waals surface area contributed by atoms with Gasteiger partial charge in [-0.1, -0.05) is 40.4 Å². The molecule has 1 aromatic rings. The fourth-order valence-corrected chi connectivity index (χ4v) is 3.94. The summed E-state index contributed by atoms with van der Waals surface area (Å²) in [6.45, 7) is 0.723. The van der Waals surface area contributed by atoms with Gasteiger partial charge in [0, 0.05) is 16.9 Å². The first-order valence-corrected chi connectivity index (χ1v) is 8.83. The Kier molecular flexibility index (Phi) is 6.37. The number of carbonyl (C=O) groups is 1. The largest absolute Gasteiger partial charge is 0.496 e. The third kappa shape index (κ3) is 4.36. The summed E-state index contributed by atoms with van der Waals surface area (Å²) in [6.07, 6.45) is 4.99. The Morgan fingerprint density at radius 2 is 2.10 bits per heavy atom. The predicted octanol–water partition coefficient (Wildman–Crippen LogP) is 4.28. The zero-order valence-electron chi connectivity index (χ0n) is 12.2. The third-order valence-electron chi connectivity index (χ3n) is 4.20. The molecule has 3 nitrogen and oxygen atoms in total. The van der Waals surface area contributed by atoms with Crippen molar-refractivity contribution < 1.29 is 9.53 Å². The second kappa shape index (κ2) is 8.04. The maximum atomic E-state index is 12.3. The van der Waals surface area contributed by atoms with Gasteiger partial charge in [0.1, 0.15) is 5.75 Å². The molecule has 2 atom stereocenters. The number of ether oxygens (including phenoxy) is 1. The molecule has 1 fully saturated rings. The van der Waals surface area contributed by atoms with E-state index in [1.807, 2.05) is 0 Å². The third-order valence-corrected chi connectivity index (χ3v) is 5.26. The average molecular weight is 375 g/mol. The lowest BCUT2D eigenvalue weighted by Crippen LogP contribution is -2.35. The number of hydrogen-bond acceptors (Lipinski definition) is 2. The van der Waals surface area contributed by atoms with Gasteiger partial charge in [0.25, 0.3) is 5.91 Å². The van der Waals surface area contributed by atoms with Crippen molar-refractivity contribution in [3.05, 3.63) is 28.8 Å². The Balaban J connectivity index is 1.98. The number of hydrogen-bond donors (Lipinski definition) is 1. The summed E-state index contributed by atoms with van der Waals surface area (Å²) in [4.78, 5) is 12.3. The van der Waals surface area contributed by atoms with E-state index in [0.717, 1.165) is 11.9 Å². The molecule has 116 valence electrons. The Morgan fingerprint density at radius 1 is 1.38 bits per heavy atom. The molecule has 0 radical (unpaired) electrons. The first kappa shape index (κ1) is 16.6. The molecule has 1 aliphatic carbocycles. The van der Waals surface area contributed by atoms with Gasteiger partial charge in [-0.3, -0.25) is 4.79 Å². The molecule has 2 unspecified atom stereocenters. The zero-order valence-corrected chi connectivity index (χ0v) is 14.5. The Bertz CT molecular complexity index is 495. The smallest absolute Gasteiger partial charge is 0.255 e. The number of alkyl halides is 1. The molecule has 1 amide bonds. The van der Waals surface area contributed by atoms with E-state index >= 15 is 0 Å². The standard InChI is InChI=1S/C16H21BrClNO2/c1-21-15-8-13(18)6-7-14(15)16(20)19-10-12-5-3-2-4-11(12)9-17/h6-8,11-12H,2-5,9-10H2,1H3,(H,19,20). The summed E-state index contributed by atoms with van der Waals surface area (Å²) in [6, 6.07) is 5.08. The van der Waals surface area contributed by atoms with Crippen LogP contribution in [0.4, 0.5) is 0 Å². The average Bonchev–Trinajstić information content (AvgIpc) is 2.52. The first-order chi connectivity index (χ1) is 10.2.